The maximum atomic E-state index is 10.3. The Bertz CT molecular complexity index is 492. The topological polar surface area (TPSA) is 56.7 Å². The third-order valence-corrected chi connectivity index (χ3v) is 5.11. The number of nitrogens with zero attached hydrogens (tertiary/aromatic N) is 1. The highest BCUT2D eigenvalue weighted by molar-refractivity contribution is 14.0. The second-order valence-electron chi connectivity index (χ2n) is 5.67. The Morgan fingerprint density at radius 3 is 2.91 bits per heavy atom. The van der Waals surface area contributed by atoms with E-state index in [1.807, 2.05) is 43.0 Å². The van der Waals surface area contributed by atoms with Gasteiger partial charge in [0.2, 0.25) is 0 Å². The highest BCUT2D eigenvalue weighted by atomic mass is 127. The Kier molecular flexibility index (Phi) is 9.97. The average molecular weight is 449 g/mol. The van der Waals surface area contributed by atoms with Crippen molar-refractivity contribution < 1.29 is 5.11 Å². The maximum absolute atomic E-state index is 10.3. The lowest BCUT2D eigenvalue weighted by Crippen LogP contribution is -2.40. The predicted octanol–water partition coefficient (Wildman–Crippen LogP) is 3.10. The first kappa shape index (κ1) is 20.6. The largest absolute Gasteiger partial charge is 0.386 e. The summed E-state index contributed by atoms with van der Waals surface area (Å²) in [5.74, 6) is 2.06. The minimum absolute atomic E-state index is 0. The van der Waals surface area contributed by atoms with E-state index in [-0.39, 0.29) is 24.0 Å². The van der Waals surface area contributed by atoms with E-state index in [0.29, 0.717) is 11.8 Å². The van der Waals surface area contributed by atoms with Gasteiger partial charge in [0, 0.05) is 18.3 Å². The van der Waals surface area contributed by atoms with Gasteiger partial charge in [0.05, 0.1) is 12.6 Å². The molecule has 0 aliphatic carbocycles. The fourth-order valence-corrected chi connectivity index (χ4v) is 3.72. The number of hydrogen-bond acceptors (Lipinski definition) is 3. The summed E-state index contributed by atoms with van der Waals surface area (Å²) in [4.78, 5) is 4.52. The molecule has 4 nitrogen and oxygen atoms in total. The van der Waals surface area contributed by atoms with Crippen LogP contribution < -0.4 is 10.6 Å². The van der Waals surface area contributed by atoms with Gasteiger partial charge in [-0.15, -0.1) is 24.0 Å². The minimum Gasteiger partial charge on any atom is -0.386 e. The number of thioether (sulfide) groups is 1. The quantitative estimate of drug-likeness (QED) is 0.355. The van der Waals surface area contributed by atoms with Crippen LogP contribution in [0.25, 0.3) is 0 Å². The van der Waals surface area contributed by atoms with Crippen LogP contribution >= 0.6 is 35.7 Å². The number of rotatable bonds is 6. The van der Waals surface area contributed by atoms with Crippen molar-refractivity contribution in [2.75, 3.05) is 25.4 Å². The summed E-state index contributed by atoms with van der Waals surface area (Å²) < 4.78 is 0. The van der Waals surface area contributed by atoms with E-state index in [0.717, 1.165) is 30.2 Å². The van der Waals surface area contributed by atoms with E-state index in [2.05, 4.69) is 22.5 Å². The molecule has 6 heteroatoms. The first-order valence-corrected chi connectivity index (χ1v) is 9.12. The Balaban J connectivity index is 0.00000264. The van der Waals surface area contributed by atoms with E-state index >= 15 is 0 Å². The average Bonchev–Trinajstić information content (AvgIpc) is 3.03. The number of hydrogen-bond donors (Lipinski definition) is 3. The zero-order valence-electron chi connectivity index (χ0n) is 13.9. The van der Waals surface area contributed by atoms with Crippen LogP contribution in [0.2, 0.25) is 0 Å². The number of guanidine groups is 1. The number of aryl methyl sites for hydroxylation is 1. The third-order valence-electron chi connectivity index (χ3n) is 3.71. The van der Waals surface area contributed by atoms with Gasteiger partial charge >= 0.3 is 0 Å². The van der Waals surface area contributed by atoms with E-state index in [1.54, 1.807) is 0 Å². The highest BCUT2D eigenvalue weighted by Gasteiger charge is 2.15. The van der Waals surface area contributed by atoms with Crippen LogP contribution in [-0.2, 0) is 0 Å². The summed E-state index contributed by atoms with van der Waals surface area (Å²) in [6.07, 6.45) is 2.04. The van der Waals surface area contributed by atoms with Crippen molar-refractivity contribution in [3.63, 3.8) is 0 Å². The van der Waals surface area contributed by atoms with Crippen molar-refractivity contribution in [2.24, 2.45) is 4.99 Å². The molecule has 0 bridgehead atoms. The monoisotopic (exact) mass is 449 g/mol. The van der Waals surface area contributed by atoms with Crippen LogP contribution in [0.4, 0.5) is 0 Å². The third kappa shape index (κ3) is 7.30. The summed E-state index contributed by atoms with van der Waals surface area (Å²) in [5, 5.41) is 17.6. The summed E-state index contributed by atoms with van der Waals surface area (Å²) in [6.45, 7) is 6.22. The second-order valence-corrected chi connectivity index (χ2v) is 7.07. The van der Waals surface area contributed by atoms with E-state index in [9.17, 15) is 5.11 Å². The molecule has 0 spiro atoms. The first-order valence-electron chi connectivity index (χ1n) is 8.07. The zero-order chi connectivity index (χ0) is 15.8. The van der Waals surface area contributed by atoms with Gasteiger partial charge in [0.1, 0.15) is 0 Å². The fraction of sp³-hybridized carbons (Fsp3) is 0.588. The van der Waals surface area contributed by atoms with Crippen molar-refractivity contribution in [2.45, 2.75) is 38.0 Å². The van der Waals surface area contributed by atoms with Gasteiger partial charge < -0.3 is 15.7 Å². The number of halogens is 1. The number of aliphatic imine (C=N–C) groups is 1. The molecule has 3 N–H and O–H groups in total. The molecule has 1 aromatic rings. The van der Waals surface area contributed by atoms with Crippen LogP contribution in [0.5, 0.6) is 0 Å². The Morgan fingerprint density at radius 1 is 1.43 bits per heavy atom. The minimum atomic E-state index is -0.559. The molecule has 0 radical (unpaired) electrons. The zero-order valence-corrected chi connectivity index (χ0v) is 17.1. The highest BCUT2D eigenvalue weighted by Crippen LogP contribution is 2.25. The molecule has 2 atom stereocenters. The molecule has 2 rings (SSSR count). The number of aliphatic hydroxyl groups is 1. The molecular formula is C17H28IN3OS. The standard InChI is InChI=1S/C17H27N3OS.HI/c1-3-18-17(19-11-15-8-5-9-22-15)20-12-16(21)14-7-4-6-13(2)10-14;/h4,6-7,10,15-16,21H,3,5,8-9,11-12H2,1-2H3,(H2,18,19,20);1H. The molecule has 1 heterocycles. The molecule has 1 aliphatic heterocycles. The summed E-state index contributed by atoms with van der Waals surface area (Å²) in [6, 6.07) is 7.96. The van der Waals surface area contributed by atoms with Crippen molar-refractivity contribution in [3.05, 3.63) is 35.4 Å². The van der Waals surface area contributed by atoms with Crippen LogP contribution in [0.3, 0.4) is 0 Å². The molecule has 130 valence electrons. The van der Waals surface area contributed by atoms with Crippen molar-refractivity contribution in [3.8, 4) is 0 Å². The van der Waals surface area contributed by atoms with Crippen molar-refractivity contribution >= 4 is 41.7 Å². The van der Waals surface area contributed by atoms with Crippen LogP contribution in [0.1, 0.15) is 37.0 Å². The van der Waals surface area contributed by atoms with Crippen molar-refractivity contribution in [1.82, 2.24) is 10.6 Å². The second kappa shape index (κ2) is 11.1. The van der Waals surface area contributed by atoms with Gasteiger partial charge in [0.15, 0.2) is 5.96 Å². The fourth-order valence-electron chi connectivity index (χ4n) is 2.52. The van der Waals surface area contributed by atoms with E-state index in [1.165, 1.54) is 18.6 Å². The maximum Gasteiger partial charge on any atom is 0.191 e. The van der Waals surface area contributed by atoms with Gasteiger partial charge in [-0.2, -0.15) is 11.8 Å². The normalized spacial score (nSPS) is 19.1. The Hall–Kier alpha value is -0.470. The molecule has 1 saturated heterocycles. The van der Waals surface area contributed by atoms with E-state index in [4.69, 9.17) is 0 Å². The van der Waals surface area contributed by atoms with Gasteiger partial charge in [-0.25, -0.2) is 0 Å². The number of benzene rings is 1. The Labute approximate surface area is 160 Å². The molecule has 1 aromatic carbocycles. The van der Waals surface area contributed by atoms with Crippen LogP contribution in [-0.4, -0.2) is 41.7 Å². The first-order chi connectivity index (χ1) is 10.7. The smallest absolute Gasteiger partial charge is 0.191 e. The molecule has 0 amide bonds. The molecule has 0 aromatic heterocycles. The van der Waals surface area contributed by atoms with E-state index < -0.39 is 6.10 Å². The van der Waals surface area contributed by atoms with Gasteiger partial charge in [0.25, 0.3) is 0 Å². The molecule has 2 unspecified atom stereocenters. The lowest BCUT2D eigenvalue weighted by atomic mass is 10.1. The van der Waals surface area contributed by atoms with Crippen LogP contribution in [0.15, 0.2) is 29.3 Å². The predicted molar refractivity (Wildman–Crippen MR) is 111 cm³/mol. The Morgan fingerprint density at radius 2 is 2.26 bits per heavy atom. The van der Waals surface area contributed by atoms with Crippen molar-refractivity contribution in [1.29, 1.82) is 0 Å². The van der Waals surface area contributed by atoms with Crippen LogP contribution in [0, 0.1) is 6.92 Å². The summed E-state index contributed by atoms with van der Waals surface area (Å²) in [7, 11) is 0. The molecule has 1 aliphatic rings. The summed E-state index contributed by atoms with van der Waals surface area (Å²) in [5.41, 5.74) is 2.08. The molecular weight excluding hydrogens is 421 g/mol. The number of nitrogens with one attached hydrogen (secondary N) is 2. The lowest BCUT2D eigenvalue weighted by Gasteiger charge is -2.15. The molecule has 1 fully saturated rings. The lowest BCUT2D eigenvalue weighted by molar-refractivity contribution is 0.187. The number of aliphatic hydroxyl groups excluding tert-OH is 1. The molecule has 0 saturated carbocycles. The SMILES string of the molecule is CCNC(=NCC(O)c1cccc(C)c1)NCC1CCCS1.I. The van der Waals surface area contributed by atoms with Gasteiger partial charge in [-0.1, -0.05) is 29.8 Å². The molecule has 23 heavy (non-hydrogen) atoms. The van der Waals surface area contributed by atoms with Gasteiger partial charge in [-0.05, 0) is 38.0 Å². The summed E-state index contributed by atoms with van der Waals surface area (Å²) >= 11 is 2.03. The van der Waals surface area contributed by atoms with Gasteiger partial charge in [-0.3, -0.25) is 4.99 Å².